The number of hydrogen-bond donors (Lipinski definition) is 2. The highest BCUT2D eigenvalue weighted by molar-refractivity contribution is 7.19. The summed E-state index contributed by atoms with van der Waals surface area (Å²) in [4.78, 5) is 28.5. The van der Waals surface area contributed by atoms with E-state index < -0.39 is 0 Å². The molecule has 0 aliphatic heterocycles. The fourth-order valence-corrected chi connectivity index (χ4v) is 11.3. The molecule has 4 heterocycles. The number of benzene rings is 2. The molecule has 2 fully saturated rings. The molecule has 8 nitrogen and oxygen atoms in total. The van der Waals surface area contributed by atoms with Crippen molar-refractivity contribution in [2.24, 2.45) is 11.8 Å². The van der Waals surface area contributed by atoms with Crippen molar-refractivity contribution in [1.29, 1.82) is 0 Å². The third-order valence-electron chi connectivity index (χ3n) is 11.7. The average Bonchev–Trinajstić information content (AvgIpc) is 4.13. The summed E-state index contributed by atoms with van der Waals surface area (Å²) in [6.45, 7) is 7.04. The Labute approximate surface area is 402 Å². The van der Waals surface area contributed by atoms with Gasteiger partial charge in [0.15, 0.2) is 0 Å². The monoisotopic (exact) mass is 982 g/mol. The number of allylic oxidation sites excluding steroid dienone is 1. The van der Waals surface area contributed by atoms with Crippen LogP contribution >= 0.6 is 80.7 Å². The van der Waals surface area contributed by atoms with Crippen LogP contribution in [0.15, 0.2) is 66.7 Å². The molecule has 2 aromatic carbocycles. The number of carbonyl (C=O) groups is 2. The highest BCUT2D eigenvalue weighted by Gasteiger charge is 2.26. The van der Waals surface area contributed by atoms with Gasteiger partial charge in [-0.1, -0.05) is 110 Å². The Morgan fingerprint density at radius 2 is 1.14 bits per heavy atom. The summed E-state index contributed by atoms with van der Waals surface area (Å²) < 4.78 is 4.40. The molecule has 0 saturated heterocycles. The predicted molar refractivity (Wildman–Crippen MR) is 264 cm³/mol. The van der Waals surface area contributed by atoms with Gasteiger partial charge in [0, 0.05) is 37.9 Å². The van der Waals surface area contributed by atoms with Crippen LogP contribution in [0.1, 0.15) is 105 Å². The maximum Gasteiger partial charge on any atom is 0.223 e. The summed E-state index contributed by atoms with van der Waals surface area (Å²) in [6, 6.07) is 18.9. The second kappa shape index (κ2) is 22.1. The zero-order valence-electron chi connectivity index (χ0n) is 35.6. The maximum absolute atomic E-state index is 12.7. The number of amides is 2. The van der Waals surface area contributed by atoms with E-state index in [2.05, 4.69) is 48.8 Å². The van der Waals surface area contributed by atoms with Crippen LogP contribution < -0.4 is 10.6 Å². The van der Waals surface area contributed by atoms with Gasteiger partial charge in [-0.15, -0.1) is 22.7 Å². The van der Waals surface area contributed by atoms with Crippen molar-refractivity contribution >= 4 is 98.6 Å². The van der Waals surface area contributed by atoms with Crippen LogP contribution in [-0.2, 0) is 22.7 Å². The lowest BCUT2D eigenvalue weighted by atomic mass is 9.88. The van der Waals surface area contributed by atoms with Crippen molar-refractivity contribution in [2.75, 3.05) is 0 Å². The molecule has 2 saturated carbocycles. The lowest BCUT2D eigenvalue weighted by molar-refractivity contribution is -0.126. The summed E-state index contributed by atoms with van der Waals surface area (Å²) in [5, 5.41) is 18.1. The smallest absolute Gasteiger partial charge is 0.223 e. The van der Waals surface area contributed by atoms with E-state index in [9.17, 15) is 9.59 Å². The Balaban J connectivity index is 0.000000191. The molecular weight excluding hydrogens is 934 g/mol. The summed E-state index contributed by atoms with van der Waals surface area (Å²) in [6.07, 6.45) is 16.2. The fraction of sp³-hybridized carbons (Fsp3) is 0.375. The van der Waals surface area contributed by atoms with Gasteiger partial charge in [0.1, 0.15) is 0 Å². The minimum absolute atomic E-state index is 0.113. The largest absolute Gasteiger partial charge is 0.350 e. The number of unbranched alkanes of at least 4 members (excludes halogenated alkanes) is 1. The second-order valence-electron chi connectivity index (χ2n) is 16.1. The number of thiophene rings is 2. The first-order valence-electron chi connectivity index (χ1n) is 21.6. The molecule has 2 aliphatic carbocycles. The van der Waals surface area contributed by atoms with Crippen molar-refractivity contribution in [1.82, 2.24) is 30.2 Å². The van der Waals surface area contributed by atoms with Crippen molar-refractivity contribution in [3.8, 4) is 32.5 Å². The van der Waals surface area contributed by atoms with E-state index in [1.165, 1.54) is 22.6 Å². The fourth-order valence-electron chi connectivity index (χ4n) is 8.21. The number of hydrogen-bond acceptors (Lipinski definition) is 6. The van der Waals surface area contributed by atoms with Crippen LogP contribution in [0.5, 0.6) is 0 Å². The number of aromatic nitrogens is 4. The predicted octanol–water partition coefficient (Wildman–Crippen LogP) is 14.9. The molecule has 0 atom stereocenters. The van der Waals surface area contributed by atoms with Crippen LogP contribution in [0.4, 0.5) is 0 Å². The summed E-state index contributed by atoms with van der Waals surface area (Å²) >= 11 is 34.7. The highest BCUT2D eigenvalue weighted by atomic mass is 35.5. The van der Waals surface area contributed by atoms with Gasteiger partial charge in [0.2, 0.25) is 11.8 Å². The normalized spacial score (nSPS) is 14.6. The van der Waals surface area contributed by atoms with Gasteiger partial charge >= 0.3 is 0 Å². The highest BCUT2D eigenvalue weighted by Crippen LogP contribution is 2.39. The van der Waals surface area contributed by atoms with Gasteiger partial charge in [-0.25, -0.2) is 9.36 Å². The number of nitrogens with zero attached hydrogens (tertiary/aromatic N) is 4. The number of halogens is 5. The molecule has 63 heavy (non-hydrogen) atoms. The van der Waals surface area contributed by atoms with Gasteiger partial charge < -0.3 is 10.6 Å². The van der Waals surface area contributed by atoms with E-state index in [1.807, 2.05) is 46.6 Å². The van der Waals surface area contributed by atoms with E-state index in [1.54, 1.807) is 29.5 Å². The number of rotatable bonds is 13. The molecule has 6 aromatic rings. The summed E-state index contributed by atoms with van der Waals surface area (Å²) in [5.74, 6) is 0.496. The molecule has 0 unspecified atom stereocenters. The Bertz CT molecular complexity index is 2580. The van der Waals surface area contributed by atoms with E-state index in [0.29, 0.717) is 37.5 Å². The molecular formula is C48H51Cl5N6O2S2. The van der Waals surface area contributed by atoms with E-state index in [4.69, 9.17) is 68.2 Å². The van der Waals surface area contributed by atoms with E-state index in [-0.39, 0.29) is 23.7 Å². The average molecular weight is 985 g/mol. The van der Waals surface area contributed by atoms with Crippen LogP contribution in [-0.4, -0.2) is 31.4 Å². The van der Waals surface area contributed by atoms with Crippen LogP contribution in [0.2, 0.25) is 24.4 Å². The maximum atomic E-state index is 12.7. The molecule has 2 amide bonds. The zero-order chi connectivity index (χ0) is 44.6. The molecule has 0 bridgehead atoms. The van der Waals surface area contributed by atoms with E-state index in [0.717, 1.165) is 119 Å². The van der Waals surface area contributed by atoms with Gasteiger partial charge in [0.25, 0.3) is 0 Å². The second-order valence-corrected chi connectivity index (χ2v) is 20.6. The molecule has 0 spiro atoms. The Morgan fingerprint density at radius 3 is 1.60 bits per heavy atom. The van der Waals surface area contributed by atoms with Gasteiger partial charge in [-0.2, -0.15) is 10.2 Å². The van der Waals surface area contributed by atoms with Gasteiger partial charge in [-0.05, 0) is 113 Å². The van der Waals surface area contributed by atoms with Gasteiger partial charge in [-0.3, -0.25) is 9.59 Å². The molecule has 0 radical (unpaired) electrons. The molecule has 332 valence electrons. The topological polar surface area (TPSA) is 93.8 Å². The molecule has 15 heteroatoms. The first kappa shape index (κ1) is 47.4. The molecule has 4 aromatic heterocycles. The Kier molecular flexibility index (Phi) is 16.6. The third-order valence-corrected chi connectivity index (χ3v) is 15.1. The first-order valence-corrected chi connectivity index (χ1v) is 25.1. The van der Waals surface area contributed by atoms with Crippen LogP contribution in [0.3, 0.4) is 0 Å². The lowest BCUT2D eigenvalue weighted by Gasteiger charge is -2.20. The van der Waals surface area contributed by atoms with Crippen molar-refractivity contribution in [3.63, 3.8) is 0 Å². The number of nitrogens with one attached hydrogen (secondary N) is 2. The van der Waals surface area contributed by atoms with Crippen LogP contribution in [0.25, 0.3) is 38.6 Å². The minimum atomic E-state index is 0.113. The molecule has 2 N–H and O–H groups in total. The summed E-state index contributed by atoms with van der Waals surface area (Å²) in [5.41, 5.74) is 7.09. The standard InChI is InChI=1S/C27H31Cl2N3OS.C21H20Cl3N3OS/c1-3-4-6-11-21-13-15-25(34-21)26-18(2)23(17-30-27(33)19-9-7-5-8-10-19)31-32(26)24-14-12-20(28)16-22(24)29;1-12-16(11-25-21(28)13-4-2-3-5-13)26-27(17-7-6-14(22)10-15(17)23)20(12)18-8-9-19(24)29-18/h6,11-16,19H,3-5,7-10,17H2,1-2H3,(H,30,33);6-10,13H,2-5,11H2,1H3,(H,25,28)/b11-6+;. The Hall–Kier alpha value is -3.61. The minimum Gasteiger partial charge on any atom is -0.350 e. The quantitative estimate of drug-likeness (QED) is 0.121. The lowest BCUT2D eigenvalue weighted by Crippen LogP contribution is -2.31. The van der Waals surface area contributed by atoms with Crippen molar-refractivity contribution in [3.05, 3.63) is 119 Å². The molecule has 2 aliphatic rings. The Morgan fingerprint density at radius 1 is 0.667 bits per heavy atom. The first-order chi connectivity index (χ1) is 30.4. The zero-order valence-corrected chi connectivity index (χ0v) is 41.0. The van der Waals surface area contributed by atoms with Crippen molar-refractivity contribution in [2.45, 2.75) is 104 Å². The third kappa shape index (κ3) is 11.6. The number of carbonyl (C=O) groups excluding carboxylic acids is 2. The van der Waals surface area contributed by atoms with E-state index >= 15 is 0 Å². The molecule has 8 rings (SSSR count). The van der Waals surface area contributed by atoms with Gasteiger partial charge in [0.05, 0.1) is 71.4 Å². The van der Waals surface area contributed by atoms with Crippen LogP contribution in [0, 0.1) is 25.7 Å². The summed E-state index contributed by atoms with van der Waals surface area (Å²) in [7, 11) is 0. The van der Waals surface area contributed by atoms with Crippen molar-refractivity contribution < 1.29 is 9.59 Å². The SMILES string of the molecule is CCC/C=C/c1ccc(-c2c(C)c(CNC(=O)C3CCCCC3)nn2-c2ccc(Cl)cc2Cl)s1.Cc1c(CNC(=O)C2CCCC2)nn(-c2ccc(Cl)cc2Cl)c1-c1ccc(Cl)s1.